The van der Waals surface area contributed by atoms with E-state index in [1.54, 1.807) is 0 Å². The van der Waals surface area contributed by atoms with Crippen molar-refractivity contribution in [3.8, 4) is 0 Å². The van der Waals surface area contributed by atoms with Crippen LogP contribution in [-0.2, 0) is 11.2 Å². The van der Waals surface area contributed by atoms with E-state index >= 15 is 0 Å². The Morgan fingerprint density at radius 3 is 2.95 bits per heavy atom. The third kappa shape index (κ3) is 4.60. The molecule has 2 rings (SSSR count). The van der Waals surface area contributed by atoms with E-state index in [0.717, 1.165) is 31.5 Å². The van der Waals surface area contributed by atoms with Crippen molar-refractivity contribution in [3.05, 3.63) is 29.6 Å². The Morgan fingerprint density at radius 1 is 1.55 bits per heavy atom. The Kier molecular flexibility index (Phi) is 5.12. The van der Waals surface area contributed by atoms with Gasteiger partial charge in [0.2, 0.25) is 5.91 Å². The highest BCUT2D eigenvalue weighted by Gasteiger charge is 2.23. The third-order valence-electron chi connectivity index (χ3n) is 3.99. The van der Waals surface area contributed by atoms with Gasteiger partial charge in [-0.25, -0.2) is 0 Å². The Hall–Kier alpha value is -1.42. The molecule has 0 radical (unpaired) electrons. The van der Waals surface area contributed by atoms with Crippen molar-refractivity contribution in [2.45, 2.75) is 51.6 Å². The van der Waals surface area contributed by atoms with Crippen LogP contribution in [0, 0.1) is 6.92 Å². The minimum Gasteiger partial charge on any atom is -0.353 e. The molecule has 0 saturated heterocycles. The largest absolute Gasteiger partial charge is 0.353 e. The maximum Gasteiger partial charge on any atom is 0.221 e. The number of pyridine rings is 1. The van der Waals surface area contributed by atoms with Crippen LogP contribution in [0.25, 0.3) is 0 Å². The van der Waals surface area contributed by atoms with E-state index in [4.69, 9.17) is 0 Å². The topological polar surface area (TPSA) is 45.2 Å². The van der Waals surface area contributed by atoms with Crippen molar-refractivity contribution in [1.29, 1.82) is 0 Å². The van der Waals surface area contributed by atoms with Crippen LogP contribution >= 0.6 is 0 Å². The number of rotatable bonds is 7. The van der Waals surface area contributed by atoms with Gasteiger partial charge in [-0.1, -0.05) is 6.07 Å². The van der Waals surface area contributed by atoms with E-state index in [0.29, 0.717) is 18.5 Å². The van der Waals surface area contributed by atoms with Crippen LogP contribution in [0.3, 0.4) is 0 Å². The fraction of sp³-hybridized carbons (Fsp3) is 0.625. The summed E-state index contributed by atoms with van der Waals surface area (Å²) in [6, 6.07) is 4.91. The van der Waals surface area contributed by atoms with Gasteiger partial charge in [-0.3, -0.25) is 9.78 Å². The van der Waals surface area contributed by atoms with Gasteiger partial charge in [-0.15, -0.1) is 0 Å². The van der Waals surface area contributed by atoms with Gasteiger partial charge in [0.25, 0.3) is 0 Å². The van der Waals surface area contributed by atoms with Crippen molar-refractivity contribution < 1.29 is 4.79 Å². The van der Waals surface area contributed by atoms with Gasteiger partial charge in [0.1, 0.15) is 0 Å². The first-order valence-corrected chi connectivity index (χ1v) is 7.46. The quantitative estimate of drug-likeness (QED) is 0.827. The minimum absolute atomic E-state index is 0.181. The van der Waals surface area contributed by atoms with Crippen molar-refractivity contribution in [2.75, 3.05) is 13.6 Å². The lowest BCUT2D eigenvalue weighted by Crippen LogP contribution is -2.35. The van der Waals surface area contributed by atoms with Gasteiger partial charge in [0, 0.05) is 43.4 Å². The van der Waals surface area contributed by atoms with Gasteiger partial charge in [0.05, 0.1) is 0 Å². The summed E-state index contributed by atoms with van der Waals surface area (Å²) in [5, 5.41) is 3.03. The molecule has 0 aromatic carbocycles. The Balaban J connectivity index is 1.75. The van der Waals surface area contributed by atoms with Crippen LogP contribution in [0.1, 0.15) is 37.4 Å². The van der Waals surface area contributed by atoms with Gasteiger partial charge < -0.3 is 10.2 Å². The molecule has 4 nitrogen and oxygen atoms in total. The van der Waals surface area contributed by atoms with Gasteiger partial charge in [-0.05, 0) is 45.4 Å². The Bertz CT molecular complexity index is 457. The summed E-state index contributed by atoms with van der Waals surface area (Å²) in [6.07, 6.45) is 5.65. The molecule has 1 saturated carbocycles. The molecule has 1 aromatic rings. The summed E-state index contributed by atoms with van der Waals surface area (Å²) in [6.45, 7) is 5.08. The maximum atomic E-state index is 11.7. The fourth-order valence-electron chi connectivity index (χ4n) is 2.19. The number of aromatic nitrogens is 1. The molecule has 4 heteroatoms. The molecule has 1 heterocycles. The molecule has 1 atom stereocenters. The Morgan fingerprint density at radius 2 is 2.30 bits per heavy atom. The number of carbonyl (C=O) groups excluding carboxylic acids is 1. The van der Waals surface area contributed by atoms with Crippen molar-refractivity contribution in [2.24, 2.45) is 0 Å². The van der Waals surface area contributed by atoms with E-state index in [1.165, 1.54) is 5.56 Å². The second kappa shape index (κ2) is 6.84. The molecule has 110 valence electrons. The monoisotopic (exact) mass is 275 g/mol. The van der Waals surface area contributed by atoms with E-state index in [9.17, 15) is 4.79 Å². The SMILES string of the molecule is Cc1cccnc1CC(C)N(C)CCC(=O)NC1CC1. The first kappa shape index (κ1) is 15.0. The molecule has 0 aliphatic heterocycles. The summed E-state index contributed by atoms with van der Waals surface area (Å²) >= 11 is 0. The predicted octanol–water partition coefficient (Wildman–Crippen LogP) is 1.92. The van der Waals surface area contributed by atoms with Crippen LogP contribution < -0.4 is 5.32 Å². The summed E-state index contributed by atoms with van der Waals surface area (Å²) in [4.78, 5) is 18.4. The molecule has 1 amide bonds. The highest BCUT2D eigenvalue weighted by Crippen LogP contribution is 2.18. The van der Waals surface area contributed by atoms with Gasteiger partial charge in [0.15, 0.2) is 0 Å². The lowest BCUT2D eigenvalue weighted by atomic mass is 10.1. The first-order chi connectivity index (χ1) is 9.56. The van der Waals surface area contributed by atoms with Crippen molar-refractivity contribution in [1.82, 2.24) is 15.2 Å². The van der Waals surface area contributed by atoms with Crippen LogP contribution in [0.5, 0.6) is 0 Å². The van der Waals surface area contributed by atoms with Crippen LogP contribution in [0.4, 0.5) is 0 Å². The number of nitrogens with zero attached hydrogens (tertiary/aromatic N) is 2. The van der Waals surface area contributed by atoms with Crippen molar-refractivity contribution >= 4 is 5.91 Å². The molecule has 1 aliphatic rings. The molecule has 1 unspecified atom stereocenters. The smallest absolute Gasteiger partial charge is 0.221 e. The van der Waals surface area contributed by atoms with Crippen molar-refractivity contribution in [3.63, 3.8) is 0 Å². The normalized spacial score (nSPS) is 16.2. The number of likely N-dealkylation sites (N-methyl/N-ethyl adjacent to an activating group) is 1. The van der Waals surface area contributed by atoms with E-state index in [1.807, 2.05) is 12.3 Å². The van der Waals surface area contributed by atoms with Gasteiger partial charge in [-0.2, -0.15) is 0 Å². The number of carbonyl (C=O) groups is 1. The molecule has 1 aliphatic carbocycles. The first-order valence-electron chi connectivity index (χ1n) is 7.46. The summed E-state index contributed by atoms with van der Waals surface area (Å²) in [5.74, 6) is 0.181. The number of hydrogen-bond acceptors (Lipinski definition) is 3. The lowest BCUT2D eigenvalue weighted by Gasteiger charge is -2.24. The average Bonchev–Trinajstić information content (AvgIpc) is 3.22. The van der Waals surface area contributed by atoms with Gasteiger partial charge >= 0.3 is 0 Å². The Labute approximate surface area is 121 Å². The lowest BCUT2D eigenvalue weighted by molar-refractivity contribution is -0.121. The number of amides is 1. The predicted molar refractivity (Wildman–Crippen MR) is 80.6 cm³/mol. The molecule has 1 N–H and O–H groups in total. The minimum atomic E-state index is 0.181. The zero-order chi connectivity index (χ0) is 14.5. The van der Waals surface area contributed by atoms with Crippen LogP contribution in [0.15, 0.2) is 18.3 Å². The number of nitrogens with one attached hydrogen (secondary N) is 1. The molecular formula is C16H25N3O. The summed E-state index contributed by atoms with van der Waals surface area (Å²) in [5.41, 5.74) is 2.38. The summed E-state index contributed by atoms with van der Waals surface area (Å²) in [7, 11) is 2.08. The second-order valence-electron chi connectivity index (χ2n) is 5.89. The highest BCUT2D eigenvalue weighted by atomic mass is 16.1. The third-order valence-corrected chi connectivity index (χ3v) is 3.99. The standard InChI is InChI=1S/C16H25N3O/c1-12-5-4-9-17-15(12)11-13(2)19(3)10-8-16(20)18-14-6-7-14/h4-5,9,13-14H,6-8,10-11H2,1-3H3,(H,18,20). The highest BCUT2D eigenvalue weighted by molar-refractivity contribution is 5.76. The zero-order valence-corrected chi connectivity index (χ0v) is 12.7. The van der Waals surface area contributed by atoms with Crippen LogP contribution in [-0.4, -0.2) is 41.5 Å². The maximum absolute atomic E-state index is 11.7. The molecule has 0 spiro atoms. The van der Waals surface area contributed by atoms with E-state index in [-0.39, 0.29) is 5.91 Å². The van der Waals surface area contributed by atoms with Crippen LogP contribution in [0.2, 0.25) is 0 Å². The number of hydrogen-bond donors (Lipinski definition) is 1. The molecule has 20 heavy (non-hydrogen) atoms. The summed E-state index contributed by atoms with van der Waals surface area (Å²) < 4.78 is 0. The zero-order valence-electron chi connectivity index (χ0n) is 12.7. The second-order valence-corrected chi connectivity index (χ2v) is 5.89. The molecule has 1 fully saturated rings. The fourth-order valence-corrected chi connectivity index (χ4v) is 2.19. The molecule has 0 bridgehead atoms. The average molecular weight is 275 g/mol. The number of aryl methyl sites for hydroxylation is 1. The molecule has 1 aromatic heterocycles. The molecular weight excluding hydrogens is 250 g/mol. The van der Waals surface area contributed by atoms with E-state index in [2.05, 4.69) is 42.2 Å². The van der Waals surface area contributed by atoms with E-state index < -0.39 is 0 Å².